The van der Waals surface area contributed by atoms with Gasteiger partial charge in [-0.2, -0.15) is 0 Å². The summed E-state index contributed by atoms with van der Waals surface area (Å²) in [6.07, 6.45) is -0.133. The van der Waals surface area contributed by atoms with E-state index in [2.05, 4.69) is 10.3 Å². The minimum atomic E-state index is -0.672. The number of non-ortho nitro benzene ring substituents is 1. The molecule has 1 aliphatic heterocycles. The normalized spacial score (nSPS) is 15.9. The molecule has 0 aliphatic carbocycles. The number of halogens is 1. The molecule has 10 heteroatoms. The molecule has 8 nitrogen and oxygen atoms in total. The van der Waals surface area contributed by atoms with Crippen LogP contribution in [0.2, 0.25) is 5.02 Å². The molecule has 1 N–H and O–H groups in total. The van der Waals surface area contributed by atoms with E-state index in [1.54, 1.807) is 31.4 Å². The van der Waals surface area contributed by atoms with Crippen molar-refractivity contribution in [2.45, 2.75) is 11.7 Å². The van der Waals surface area contributed by atoms with Crippen molar-refractivity contribution in [3.63, 3.8) is 0 Å². The van der Waals surface area contributed by atoms with Crippen molar-refractivity contribution < 1.29 is 19.2 Å². The fraction of sp³-hybridized carbons (Fsp3) is 0.167. The first-order chi connectivity index (χ1) is 13.4. The second kappa shape index (κ2) is 8.41. The first-order valence-electron chi connectivity index (χ1n) is 8.05. The van der Waals surface area contributed by atoms with Gasteiger partial charge in [-0.05, 0) is 30.3 Å². The number of nitro groups is 1. The van der Waals surface area contributed by atoms with Crippen LogP contribution >= 0.6 is 23.4 Å². The number of amides is 2. The molecule has 0 spiro atoms. The van der Waals surface area contributed by atoms with Crippen molar-refractivity contribution in [3.8, 4) is 5.75 Å². The molecule has 1 aliphatic rings. The van der Waals surface area contributed by atoms with Gasteiger partial charge in [0.2, 0.25) is 5.91 Å². The quantitative estimate of drug-likeness (QED) is 0.564. The minimum absolute atomic E-state index is 0.118. The number of carbonyl (C=O) groups excluding carboxylic acids is 2. The van der Waals surface area contributed by atoms with Crippen LogP contribution in [0.25, 0.3) is 0 Å². The third-order valence-electron chi connectivity index (χ3n) is 3.88. The van der Waals surface area contributed by atoms with Crippen LogP contribution in [0, 0.1) is 10.1 Å². The summed E-state index contributed by atoms with van der Waals surface area (Å²) in [6.45, 7) is 0. The Bertz CT molecular complexity index is 978. The van der Waals surface area contributed by atoms with E-state index in [0.29, 0.717) is 10.8 Å². The molecule has 28 heavy (non-hydrogen) atoms. The molecule has 1 atom stereocenters. The summed E-state index contributed by atoms with van der Waals surface area (Å²) in [5, 5.41) is 13.4. The molecule has 144 valence electrons. The van der Waals surface area contributed by atoms with E-state index in [4.69, 9.17) is 16.3 Å². The lowest BCUT2D eigenvalue weighted by molar-refractivity contribution is -0.384. The van der Waals surface area contributed by atoms with Gasteiger partial charge in [-0.3, -0.25) is 19.7 Å². The van der Waals surface area contributed by atoms with Gasteiger partial charge in [0.1, 0.15) is 16.0 Å². The Hall–Kier alpha value is -2.91. The molecule has 3 rings (SSSR count). The second-order valence-electron chi connectivity index (χ2n) is 5.76. The maximum atomic E-state index is 12.3. The largest absolute Gasteiger partial charge is 0.497 e. The summed E-state index contributed by atoms with van der Waals surface area (Å²) in [7, 11) is 1.56. The van der Waals surface area contributed by atoms with Crippen molar-refractivity contribution in [2.24, 2.45) is 4.99 Å². The Morgan fingerprint density at radius 1 is 1.32 bits per heavy atom. The molecule has 0 radical (unpaired) electrons. The van der Waals surface area contributed by atoms with Crippen LogP contribution in [-0.2, 0) is 9.59 Å². The summed E-state index contributed by atoms with van der Waals surface area (Å²) in [5.41, 5.74) is 0.674. The van der Waals surface area contributed by atoms with Crippen LogP contribution in [0.1, 0.15) is 12.0 Å². The van der Waals surface area contributed by atoms with Crippen LogP contribution in [0.15, 0.2) is 47.5 Å². The van der Waals surface area contributed by atoms with Gasteiger partial charge in [0.05, 0.1) is 22.7 Å². The lowest BCUT2D eigenvalue weighted by Crippen LogP contribution is -2.21. The number of benzene rings is 2. The number of anilines is 1. The van der Waals surface area contributed by atoms with Gasteiger partial charge in [-0.25, -0.2) is 4.99 Å². The number of thioether (sulfide) groups is 1. The fourth-order valence-electron chi connectivity index (χ4n) is 2.47. The number of nitrogens with one attached hydrogen (secondary N) is 1. The number of hydrogen-bond acceptors (Lipinski definition) is 6. The standard InChI is InChI=1S/C18H14ClN3O5S/c1-27-12-5-2-10(3-6-12)18-21-17(24)15(28-18)9-16(23)20-14-8-11(22(25)26)4-7-13(14)19/h2-8,15H,9H2,1H3,(H,20,23). The van der Waals surface area contributed by atoms with Crippen LogP contribution in [0.4, 0.5) is 11.4 Å². The van der Waals surface area contributed by atoms with Crippen LogP contribution in [-0.4, -0.2) is 34.1 Å². The number of rotatable bonds is 6. The SMILES string of the molecule is COc1ccc(C2=NC(=O)C(CC(=O)Nc3cc([N+](=O)[O-])ccc3Cl)S2)cc1. The van der Waals surface area contributed by atoms with Crippen molar-refractivity contribution in [2.75, 3.05) is 12.4 Å². The molecule has 0 saturated heterocycles. The highest BCUT2D eigenvalue weighted by Crippen LogP contribution is 2.31. The number of ether oxygens (including phenoxy) is 1. The van der Waals surface area contributed by atoms with E-state index in [1.807, 2.05) is 0 Å². The van der Waals surface area contributed by atoms with Crippen molar-refractivity contribution in [1.29, 1.82) is 0 Å². The Morgan fingerprint density at radius 3 is 2.68 bits per heavy atom. The highest BCUT2D eigenvalue weighted by Gasteiger charge is 2.31. The molecule has 1 unspecified atom stereocenters. The Balaban J connectivity index is 1.65. The number of aliphatic imine (C=N–C) groups is 1. The molecule has 2 amide bonds. The predicted molar refractivity (Wildman–Crippen MR) is 107 cm³/mol. The van der Waals surface area contributed by atoms with Gasteiger partial charge in [0, 0.05) is 24.1 Å². The van der Waals surface area contributed by atoms with Crippen molar-refractivity contribution in [1.82, 2.24) is 0 Å². The zero-order chi connectivity index (χ0) is 20.3. The maximum absolute atomic E-state index is 12.3. The van der Waals surface area contributed by atoms with Crippen LogP contribution < -0.4 is 10.1 Å². The van der Waals surface area contributed by atoms with Gasteiger partial charge in [-0.1, -0.05) is 23.4 Å². The third-order valence-corrected chi connectivity index (χ3v) is 5.42. The summed E-state index contributed by atoms with van der Waals surface area (Å²) < 4.78 is 5.10. The molecule has 2 aromatic carbocycles. The van der Waals surface area contributed by atoms with Crippen molar-refractivity contribution in [3.05, 3.63) is 63.2 Å². The molecule has 0 aromatic heterocycles. The number of nitrogens with zero attached hydrogens (tertiary/aromatic N) is 2. The molecular formula is C18H14ClN3O5S. The Kier molecular flexibility index (Phi) is 5.96. The molecule has 2 aromatic rings. The van der Waals surface area contributed by atoms with Crippen LogP contribution in [0.3, 0.4) is 0 Å². The molecule has 1 heterocycles. The smallest absolute Gasteiger partial charge is 0.271 e. The average molecular weight is 420 g/mol. The van der Waals surface area contributed by atoms with E-state index >= 15 is 0 Å². The van der Waals surface area contributed by atoms with Gasteiger partial charge in [-0.15, -0.1) is 0 Å². The number of nitro benzene ring substituents is 1. The zero-order valence-electron chi connectivity index (χ0n) is 14.5. The van der Waals surface area contributed by atoms with E-state index in [9.17, 15) is 19.7 Å². The van der Waals surface area contributed by atoms with E-state index in [1.165, 1.54) is 30.0 Å². The predicted octanol–water partition coefficient (Wildman–Crippen LogP) is 3.67. The highest BCUT2D eigenvalue weighted by molar-refractivity contribution is 8.16. The van der Waals surface area contributed by atoms with Gasteiger partial charge in [0.15, 0.2) is 0 Å². The average Bonchev–Trinajstić information content (AvgIpc) is 3.03. The number of methoxy groups -OCH3 is 1. The monoisotopic (exact) mass is 419 g/mol. The first-order valence-corrected chi connectivity index (χ1v) is 9.30. The number of hydrogen-bond donors (Lipinski definition) is 1. The topological polar surface area (TPSA) is 111 Å². The minimum Gasteiger partial charge on any atom is -0.497 e. The summed E-state index contributed by atoms with van der Waals surface area (Å²) >= 11 is 7.17. The highest BCUT2D eigenvalue weighted by atomic mass is 35.5. The number of carbonyl (C=O) groups is 2. The lowest BCUT2D eigenvalue weighted by atomic mass is 10.2. The summed E-state index contributed by atoms with van der Waals surface area (Å²) in [5.74, 6) is -0.209. The molecule has 0 fully saturated rings. The van der Waals surface area contributed by atoms with E-state index in [0.717, 1.165) is 5.56 Å². The van der Waals surface area contributed by atoms with Crippen LogP contribution in [0.5, 0.6) is 5.75 Å². The lowest BCUT2D eigenvalue weighted by Gasteiger charge is -2.10. The third kappa shape index (κ3) is 4.49. The van der Waals surface area contributed by atoms with Gasteiger partial charge < -0.3 is 10.1 Å². The van der Waals surface area contributed by atoms with E-state index in [-0.39, 0.29) is 22.8 Å². The molecule has 0 bridgehead atoms. The summed E-state index contributed by atoms with van der Waals surface area (Å²) in [6, 6.07) is 10.8. The van der Waals surface area contributed by atoms with Crippen molar-refractivity contribution >= 4 is 51.6 Å². The zero-order valence-corrected chi connectivity index (χ0v) is 16.1. The molecular weight excluding hydrogens is 406 g/mol. The summed E-state index contributed by atoms with van der Waals surface area (Å²) in [4.78, 5) is 38.7. The van der Waals surface area contributed by atoms with E-state index < -0.39 is 22.0 Å². The maximum Gasteiger partial charge on any atom is 0.271 e. The van der Waals surface area contributed by atoms with Gasteiger partial charge in [0.25, 0.3) is 11.6 Å². The Labute approximate surface area is 169 Å². The van der Waals surface area contributed by atoms with Gasteiger partial charge >= 0.3 is 0 Å². The second-order valence-corrected chi connectivity index (χ2v) is 7.36. The fourth-order valence-corrected chi connectivity index (χ4v) is 3.71. The Morgan fingerprint density at radius 2 is 2.04 bits per heavy atom. The first kappa shape index (κ1) is 19.8. The molecule has 0 saturated carbocycles.